The van der Waals surface area contributed by atoms with Gasteiger partial charge >= 0.3 is 0 Å². The first-order chi connectivity index (χ1) is 6.81. The molecule has 2 aromatic rings. The van der Waals surface area contributed by atoms with Gasteiger partial charge in [0.05, 0.1) is 17.5 Å². The minimum Gasteiger partial charge on any atom is -0.330 e. The highest BCUT2D eigenvalue weighted by Gasteiger charge is 2.02. The number of nitrogens with zero attached hydrogens (tertiary/aromatic N) is 2. The van der Waals surface area contributed by atoms with Crippen molar-refractivity contribution in [3.63, 3.8) is 0 Å². The maximum Gasteiger partial charge on any atom is 0.0995 e. The fourth-order valence-electron chi connectivity index (χ4n) is 1.61. The molecular formula is C11H15N3. The van der Waals surface area contributed by atoms with Crippen molar-refractivity contribution in [3.05, 3.63) is 35.9 Å². The topological polar surface area (TPSA) is 43.3 Å². The lowest BCUT2D eigenvalue weighted by atomic mass is 10.2. The number of hydrogen-bond donors (Lipinski definition) is 1. The molecule has 2 N–H and O–H groups in total. The summed E-state index contributed by atoms with van der Waals surface area (Å²) in [5, 5.41) is 0. The molecule has 0 unspecified atom stereocenters. The molecule has 0 fully saturated rings. The van der Waals surface area contributed by atoms with Crippen molar-refractivity contribution in [1.82, 2.24) is 9.38 Å². The van der Waals surface area contributed by atoms with Gasteiger partial charge in [0.1, 0.15) is 0 Å². The minimum atomic E-state index is 0.727. The summed E-state index contributed by atoms with van der Waals surface area (Å²) in [6.07, 6.45) is 5.88. The average Bonchev–Trinajstić information content (AvgIpc) is 2.57. The molecule has 0 spiro atoms. The van der Waals surface area contributed by atoms with Crippen LogP contribution >= 0.6 is 0 Å². The molecule has 3 heteroatoms. The van der Waals surface area contributed by atoms with Crippen molar-refractivity contribution in [2.24, 2.45) is 5.73 Å². The molecule has 0 aromatic carbocycles. The summed E-state index contributed by atoms with van der Waals surface area (Å²) in [5.41, 5.74) is 9.11. The first kappa shape index (κ1) is 9.21. The molecule has 2 rings (SSSR count). The van der Waals surface area contributed by atoms with Gasteiger partial charge in [-0.1, -0.05) is 0 Å². The van der Waals surface area contributed by atoms with E-state index >= 15 is 0 Å². The van der Waals surface area contributed by atoms with Crippen molar-refractivity contribution >= 4 is 5.52 Å². The number of aromatic nitrogens is 2. The summed E-state index contributed by atoms with van der Waals surface area (Å²) < 4.78 is 2.05. The summed E-state index contributed by atoms with van der Waals surface area (Å²) in [7, 11) is 0. The Morgan fingerprint density at radius 1 is 1.50 bits per heavy atom. The second-order valence-electron chi connectivity index (χ2n) is 3.58. The van der Waals surface area contributed by atoms with Crippen LogP contribution in [0.1, 0.15) is 17.7 Å². The van der Waals surface area contributed by atoms with Crippen LogP contribution < -0.4 is 5.73 Å². The van der Waals surface area contributed by atoms with Crippen LogP contribution in [0.5, 0.6) is 0 Å². The summed E-state index contributed by atoms with van der Waals surface area (Å²) in [6, 6.07) is 4.25. The second-order valence-corrected chi connectivity index (χ2v) is 3.58. The van der Waals surface area contributed by atoms with Crippen molar-refractivity contribution in [3.8, 4) is 0 Å². The molecule has 14 heavy (non-hydrogen) atoms. The number of fused-ring (bicyclic) bond motifs is 1. The fraction of sp³-hybridized carbons (Fsp3) is 0.364. The first-order valence-electron chi connectivity index (χ1n) is 4.93. The van der Waals surface area contributed by atoms with E-state index < -0.39 is 0 Å². The Balaban J connectivity index is 2.40. The third-order valence-corrected chi connectivity index (χ3v) is 2.39. The van der Waals surface area contributed by atoms with Gasteiger partial charge in [0.2, 0.25) is 0 Å². The molecule has 0 aliphatic carbocycles. The molecule has 0 aliphatic heterocycles. The lowest BCUT2D eigenvalue weighted by Crippen LogP contribution is -2.00. The van der Waals surface area contributed by atoms with E-state index in [1.807, 2.05) is 12.5 Å². The Kier molecular flexibility index (Phi) is 2.50. The Labute approximate surface area is 83.6 Å². The SMILES string of the molecule is Cc1ccn2cnc(CCCN)c2c1. The first-order valence-corrected chi connectivity index (χ1v) is 4.93. The molecule has 0 radical (unpaired) electrons. The molecule has 0 aliphatic rings. The van der Waals surface area contributed by atoms with E-state index in [2.05, 4.69) is 28.4 Å². The zero-order chi connectivity index (χ0) is 9.97. The fourth-order valence-corrected chi connectivity index (χ4v) is 1.61. The molecule has 2 aromatic heterocycles. The highest BCUT2D eigenvalue weighted by Crippen LogP contribution is 2.12. The van der Waals surface area contributed by atoms with Crippen LogP contribution in [-0.2, 0) is 6.42 Å². The standard InChI is InChI=1S/C11H15N3/c1-9-4-6-14-8-13-10(3-2-5-12)11(14)7-9/h4,6-8H,2-3,5,12H2,1H3. The van der Waals surface area contributed by atoms with Gasteiger partial charge in [0.15, 0.2) is 0 Å². The van der Waals surface area contributed by atoms with Gasteiger partial charge in [-0.3, -0.25) is 0 Å². The van der Waals surface area contributed by atoms with Gasteiger partial charge in [-0.2, -0.15) is 0 Å². The lowest BCUT2D eigenvalue weighted by molar-refractivity contribution is 0.820. The van der Waals surface area contributed by atoms with Crippen LogP contribution in [0.25, 0.3) is 5.52 Å². The number of pyridine rings is 1. The maximum atomic E-state index is 5.48. The molecule has 74 valence electrons. The van der Waals surface area contributed by atoms with Gasteiger partial charge < -0.3 is 10.1 Å². The average molecular weight is 189 g/mol. The minimum absolute atomic E-state index is 0.727. The predicted molar refractivity (Wildman–Crippen MR) is 57.3 cm³/mol. The van der Waals surface area contributed by atoms with E-state index in [1.165, 1.54) is 11.1 Å². The number of hydrogen-bond acceptors (Lipinski definition) is 2. The summed E-state index contributed by atoms with van der Waals surface area (Å²) in [5.74, 6) is 0. The van der Waals surface area contributed by atoms with Crippen LogP contribution in [0, 0.1) is 6.92 Å². The molecule has 0 bridgehead atoms. The van der Waals surface area contributed by atoms with Crippen molar-refractivity contribution in [2.75, 3.05) is 6.54 Å². The quantitative estimate of drug-likeness (QED) is 0.795. The van der Waals surface area contributed by atoms with Gasteiger partial charge in [-0.05, 0) is 44.0 Å². The Morgan fingerprint density at radius 3 is 3.14 bits per heavy atom. The van der Waals surface area contributed by atoms with E-state index in [9.17, 15) is 0 Å². The van der Waals surface area contributed by atoms with E-state index in [0.717, 1.165) is 25.1 Å². The van der Waals surface area contributed by atoms with E-state index in [-0.39, 0.29) is 0 Å². The number of imidazole rings is 1. The second kappa shape index (κ2) is 3.80. The lowest BCUT2D eigenvalue weighted by Gasteiger charge is -1.98. The van der Waals surface area contributed by atoms with E-state index in [0.29, 0.717) is 0 Å². The Bertz CT molecular complexity index is 431. The normalized spacial score (nSPS) is 11.0. The Hall–Kier alpha value is -1.35. The molecular weight excluding hydrogens is 174 g/mol. The van der Waals surface area contributed by atoms with E-state index in [1.54, 1.807) is 0 Å². The molecule has 0 atom stereocenters. The molecule has 0 saturated heterocycles. The van der Waals surface area contributed by atoms with Crippen LogP contribution in [0.2, 0.25) is 0 Å². The summed E-state index contributed by atoms with van der Waals surface area (Å²) >= 11 is 0. The molecule has 0 saturated carbocycles. The van der Waals surface area contributed by atoms with E-state index in [4.69, 9.17) is 5.73 Å². The highest BCUT2D eigenvalue weighted by molar-refractivity contribution is 5.53. The number of nitrogens with two attached hydrogens (primary N) is 1. The summed E-state index contributed by atoms with van der Waals surface area (Å²) in [6.45, 7) is 2.82. The largest absolute Gasteiger partial charge is 0.330 e. The van der Waals surface area contributed by atoms with Crippen molar-refractivity contribution in [1.29, 1.82) is 0 Å². The third-order valence-electron chi connectivity index (χ3n) is 2.39. The van der Waals surface area contributed by atoms with Crippen LogP contribution in [-0.4, -0.2) is 15.9 Å². The maximum absolute atomic E-state index is 5.48. The van der Waals surface area contributed by atoms with Crippen molar-refractivity contribution < 1.29 is 0 Å². The number of rotatable bonds is 3. The number of aryl methyl sites for hydroxylation is 2. The van der Waals surface area contributed by atoms with Gasteiger partial charge in [0.25, 0.3) is 0 Å². The highest BCUT2D eigenvalue weighted by atomic mass is 15.0. The van der Waals surface area contributed by atoms with Crippen LogP contribution in [0.15, 0.2) is 24.7 Å². The zero-order valence-electron chi connectivity index (χ0n) is 8.40. The monoisotopic (exact) mass is 189 g/mol. The molecule has 3 nitrogen and oxygen atoms in total. The Morgan fingerprint density at radius 2 is 2.36 bits per heavy atom. The van der Waals surface area contributed by atoms with Crippen LogP contribution in [0.4, 0.5) is 0 Å². The predicted octanol–water partition coefficient (Wildman–Crippen LogP) is 1.53. The third kappa shape index (κ3) is 1.63. The zero-order valence-corrected chi connectivity index (χ0v) is 8.40. The van der Waals surface area contributed by atoms with Crippen LogP contribution in [0.3, 0.4) is 0 Å². The van der Waals surface area contributed by atoms with Gasteiger partial charge in [-0.25, -0.2) is 4.98 Å². The molecule has 0 amide bonds. The molecule has 2 heterocycles. The van der Waals surface area contributed by atoms with Gasteiger partial charge in [-0.15, -0.1) is 0 Å². The smallest absolute Gasteiger partial charge is 0.0995 e. The van der Waals surface area contributed by atoms with Crippen molar-refractivity contribution in [2.45, 2.75) is 19.8 Å². The van der Waals surface area contributed by atoms with Gasteiger partial charge in [0, 0.05) is 6.20 Å². The summed E-state index contributed by atoms with van der Waals surface area (Å²) in [4.78, 5) is 4.38.